The van der Waals surface area contributed by atoms with Gasteiger partial charge in [0.1, 0.15) is 0 Å². The number of carboxylic acid groups (broad SMARTS) is 1. The van der Waals surface area contributed by atoms with Gasteiger partial charge in [-0.3, -0.25) is 9.59 Å². The summed E-state index contributed by atoms with van der Waals surface area (Å²) in [5.41, 5.74) is -0.713. The van der Waals surface area contributed by atoms with Gasteiger partial charge in [0, 0.05) is 19.5 Å². The smallest absolute Gasteiger partial charge is 0.311 e. The van der Waals surface area contributed by atoms with Gasteiger partial charge in [-0.05, 0) is 19.9 Å². The summed E-state index contributed by atoms with van der Waals surface area (Å²) >= 11 is 0. The highest BCUT2D eigenvalue weighted by Crippen LogP contribution is 2.37. The first-order valence-electron chi connectivity index (χ1n) is 5.75. The van der Waals surface area contributed by atoms with Crippen LogP contribution in [0.15, 0.2) is 0 Å². The van der Waals surface area contributed by atoms with Crippen LogP contribution in [-0.4, -0.2) is 37.1 Å². The molecule has 0 aromatic heterocycles. The fourth-order valence-corrected chi connectivity index (χ4v) is 2.11. The summed E-state index contributed by atoms with van der Waals surface area (Å²) in [6.45, 7) is 0.886. The molecule has 5 nitrogen and oxygen atoms in total. The fraction of sp³-hybridized carbons (Fsp3) is 0.818. The largest absolute Gasteiger partial charge is 0.481 e. The van der Waals surface area contributed by atoms with Gasteiger partial charge in [-0.2, -0.15) is 0 Å². The van der Waals surface area contributed by atoms with E-state index in [2.05, 4.69) is 10.6 Å². The van der Waals surface area contributed by atoms with E-state index in [-0.39, 0.29) is 12.5 Å². The van der Waals surface area contributed by atoms with Crippen molar-refractivity contribution in [3.05, 3.63) is 0 Å². The zero-order chi connectivity index (χ0) is 12.0. The van der Waals surface area contributed by atoms with Crippen LogP contribution >= 0.6 is 0 Å². The van der Waals surface area contributed by atoms with Gasteiger partial charge in [0.25, 0.3) is 0 Å². The number of nitrogens with one attached hydrogen (secondary N) is 2. The number of aliphatic carboxylic acids is 1. The van der Waals surface area contributed by atoms with E-state index in [0.717, 1.165) is 12.8 Å². The molecule has 5 heteroatoms. The predicted octanol–water partition coefficient (Wildman–Crippen LogP) is 0.357. The zero-order valence-corrected chi connectivity index (χ0v) is 9.71. The molecule has 0 radical (unpaired) electrons. The Balaban J connectivity index is 2.39. The molecule has 0 bridgehead atoms. The van der Waals surface area contributed by atoms with Crippen molar-refractivity contribution >= 4 is 11.9 Å². The Morgan fingerprint density at radius 1 is 1.31 bits per heavy atom. The highest BCUT2D eigenvalue weighted by molar-refractivity contribution is 5.79. The molecule has 0 aliphatic heterocycles. The lowest BCUT2D eigenvalue weighted by atomic mass is 9.86. The number of carbonyl (C=O) groups excluding carboxylic acids is 1. The van der Waals surface area contributed by atoms with E-state index in [4.69, 9.17) is 0 Å². The maximum absolute atomic E-state index is 11.4. The minimum absolute atomic E-state index is 0.0816. The zero-order valence-electron chi connectivity index (χ0n) is 9.71. The summed E-state index contributed by atoms with van der Waals surface area (Å²) in [7, 11) is 1.78. The molecule has 1 aliphatic rings. The van der Waals surface area contributed by atoms with Crippen molar-refractivity contribution in [2.75, 3.05) is 20.1 Å². The normalized spacial score (nSPS) is 18.3. The summed E-state index contributed by atoms with van der Waals surface area (Å²) in [6, 6.07) is 0. The number of carboxylic acids is 1. The van der Waals surface area contributed by atoms with Gasteiger partial charge >= 0.3 is 5.97 Å². The molecule has 1 rings (SSSR count). The second-order valence-electron chi connectivity index (χ2n) is 4.42. The minimum atomic E-state index is -0.779. The van der Waals surface area contributed by atoms with E-state index in [1.54, 1.807) is 7.05 Å². The Bertz CT molecular complexity index is 260. The summed E-state index contributed by atoms with van der Waals surface area (Å²) in [5.74, 6) is -0.860. The van der Waals surface area contributed by atoms with Crippen LogP contribution < -0.4 is 10.6 Å². The second-order valence-corrected chi connectivity index (χ2v) is 4.42. The van der Waals surface area contributed by atoms with Crippen LogP contribution in [0.5, 0.6) is 0 Å². The molecule has 1 aliphatic carbocycles. The average molecular weight is 228 g/mol. The molecule has 1 fully saturated rings. The molecule has 0 aromatic rings. The quantitative estimate of drug-likeness (QED) is 0.613. The Labute approximate surface area is 95.6 Å². The van der Waals surface area contributed by atoms with Gasteiger partial charge in [0.05, 0.1) is 5.41 Å². The second kappa shape index (κ2) is 5.84. The van der Waals surface area contributed by atoms with Crippen molar-refractivity contribution in [1.29, 1.82) is 0 Å². The number of rotatable bonds is 6. The lowest BCUT2D eigenvalue weighted by molar-refractivity contribution is -0.148. The van der Waals surface area contributed by atoms with E-state index in [0.29, 0.717) is 25.8 Å². The van der Waals surface area contributed by atoms with Crippen LogP contribution in [-0.2, 0) is 9.59 Å². The predicted molar refractivity (Wildman–Crippen MR) is 60.1 cm³/mol. The molecule has 0 unspecified atom stereocenters. The highest BCUT2D eigenvalue weighted by atomic mass is 16.4. The van der Waals surface area contributed by atoms with Crippen LogP contribution in [0.2, 0.25) is 0 Å². The van der Waals surface area contributed by atoms with Crippen molar-refractivity contribution in [3.63, 3.8) is 0 Å². The first kappa shape index (κ1) is 13.0. The van der Waals surface area contributed by atoms with E-state index < -0.39 is 11.4 Å². The molecular formula is C11H20N2O3. The Morgan fingerprint density at radius 2 is 1.94 bits per heavy atom. The summed E-state index contributed by atoms with van der Waals surface area (Å²) < 4.78 is 0. The molecular weight excluding hydrogens is 208 g/mol. The fourth-order valence-electron chi connectivity index (χ4n) is 2.11. The minimum Gasteiger partial charge on any atom is -0.481 e. The summed E-state index contributed by atoms with van der Waals surface area (Å²) in [5, 5.41) is 14.8. The van der Waals surface area contributed by atoms with Crippen molar-refractivity contribution in [2.24, 2.45) is 5.41 Å². The lowest BCUT2D eigenvalue weighted by Gasteiger charge is -2.23. The van der Waals surface area contributed by atoms with Crippen molar-refractivity contribution in [3.8, 4) is 0 Å². The van der Waals surface area contributed by atoms with Crippen molar-refractivity contribution < 1.29 is 14.7 Å². The van der Waals surface area contributed by atoms with Crippen LogP contribution in [0.4, 0.5) is 0 Å². The third kappa shape index (κ3) is 3.20. The molecule has 3 N–H and O–H groups in total. The molecule has 1 amide bonds. The number of hydrogen-bond acceptors (Lipinski definition) is 3. The molecule has 0 atom stereocenters. The van der Waals surface area contributed by atoms with Gasteiger partial charge < -0.3 is 15.7 Å². The van der Waals surface area contributed by atoms with Gasteiger partial charge in [-0.1, -0.05) is 12.8 Å². The van der Waals surface area contributed by atoms with Crippen LogP contribution in [0.1, 0.15) is 32.1 Å². The van der Waals surface area contributed by atoms with E-state index in [1.165, 1.54) is 0 Å². The number of hydrogen-bond donors (Lipinski definition) is 3. The molecule has 16 heavy (non-hydrogen) atoms. The highest BCUT2D eigenvalue weighted by Gasteiger charge is 2.41. The molecule has 0 aromatic carbocycles. The first-order valence-corrected chi connectivity index (χ1v) is 5.75. The maximum atomic E-state index is 11.4. The van der Waals surface area contributed by atoms with Gasteiger partial charge in [-0.25, -0.2) is 0 Å². The number of carbonyl (C=O) groups is 2. The summed E-state index contributed by atoms with van der Waals surface area (Å²) in [6.07, 6.45) is 3.63. The van der Waals surface area contributed by atoms with E-state index in [9.17, 15) is 14.7 Å². The molecule has 0 saturated heterocycles. The third-order valence-corrected chi connectivity index (χ3v) is 3.24. The molecule has 0 heterocycles. The molecule has 1 saturated carbocycles. The number of amides is 1. The van der Waals surface area contributed by atoms with Gasteiger partial charge in [0.15, 0.2) is 0 Å². The average Bonchev–Trinajstić information content (AvgIpc) is 2.73. The molecule has 92 valence electrons. The monoisotopic (exact) mass is 228 g/mol. The van der Waals surface area contributed by atoms with Crippen LogP contribution in [0.25, 0.3) is 0 Å². The van der Waals surface area contributed by atoms with Crippen LogP contribution in [0, 0.1) is 5.41 Å². The van der Waals surface area contributed by atoms with E-state index in [1.807, 2.05) is 0 Å². The molecule has 0 spiro atoms. The summed E-state index contributed by atoms with van der Waals surface area (Å²) in [4.78, 5) is 22.6. The SMILES string of the molecule is CNCCC(=O)NCC1(C(=O)O)CCCC1. The lowest BCUT2D eigenvalue weighted by Crippen LogP contribution is -2.41. The first-order chi connectivity index (χ1) is 7.60. The van der Waals surface area contributed by atoms with Crippen molar-refractivity contribution in [1.82, 2.24) is 10.6 Å². The van der Waals surface area contributed by atoms with E-state index >= 15 is 0 Å². The third-order valence-electron chi connectivity index (χ3n) is 3.24. The topological polar surface area (TPSA) is 78.4 Å². The Morgan fingerprint density at radius 3 is 2.44 bits per heavy atom. The standard InChI is InChI=1S/C11H20N2O3/c1-12-7-4-9(14)13-8-11(10(15)16)5-2-3-6-11/h12H,2-8H2,1H3,(H,13,14)(H,15,16). The van der Waals surface area contributed by atoms with Gasteiger partial charge in [0.2, 0.25) is 5.91 Å². The Kier molecular flexibility index (Phi) is 4.73. The van der Waals surface area contributed by atoms with Crippen molar-refractivity contribution in [2.45, 2.75) is 32.1 Å². The Hall–Kier alpha value is -1.10. The van der Waals surface area contributed by atoms with Crippen LogP contribution in [0.3, 0.4) is 0 Å². The maximum Gasteiger partial charge on any atom is 0.311 e. The van der Waals surface area contributed by atoms with Gasteiger partial charge in [-0.15, -0.1) is 0 Å².